The molecule has 0 fully saturated rings. The first-order chi connectivity index (χ1) is 14.5. The number of sulfonamides is 1. The Morgan fingerprint density at radius 2 is 1.60 bits per heavy atom. The normalized spacial score (nSPS) is 11.0. The smallest absolute Gasteiger partial charge is 0.264 e. The average molecular weight is 421 g/mol. The number of nitrogens with zero attached hydrogens (tertiary/aromatic N) is 1. The van der Waals surface area contributed by atoms with E-state index in [1.54, 1.807) is 54.6 Å². The van der Waals surface area contributed by atoms with Crippen LogP contribution in [0.5, 0.6) is 0 Å². The van der Waals surface area contributed by atoms with Gasteiger partial charge in [0, 0.05) is 11.3 Å². The highest BCUT2D eigenvalue weighted by molar-refractivity contribution is 7.92. The number of hydrogen-bond acceptors (Lipinski definition) is 3. The molecule has 0 saturated carbocycles. The molecule has 0 saturated heterocycles. The molecule has 0 heterocycles. The van der Waals surface area contributed by atoms with Gasteiger partial charge in [-0.3, -0.25) is 9.10 Å². The molecule has 3 aromatic rings. The van der Waals surface area contributed by atoms with E-state index in [9.17, 15) is 13.2 Å². The number of nitrogens with one attached hydrogen (secondary N) is 1. The first kappa shape index (κ1) is 21.3. The van der Waals surface area contributed by atoms with Crippen molar-refractivity contribution in [1.29, 1.82) is 0 Å². The molecule has 0 bridgehead atoms. The summed E-state index contributed by atoms with van der Waals surface area (Å²) >= 11 is 0. The van der Waals surface area contributed by atoms with E-state index in [4.69, 9.17) is 0 Å². The summed E-state index contributed by atoms with van der Waals surface area (Å²) in [5.41, 5.74) is 2.80. The van der Waals surface area contributed by atoms with Crippen LogP contribution in [0.4, 0.5) is 11.4 Å². The highest BCUT2D eigenvalue weighted by Crippen LogP contribution is 2.24. The van der Waals surface area contributed by atoms with Crippen LogP contribution in [-0.2, 0) is 16.4 Å². The van der Waals surface area contributed by atoms with Crippen LogP contribution >= 0.6 is 0 Å². The van der Waals surface area contributed by atoms with Gasteiger partial charge in [-0.05, 0) is 60.5 Å². The van der Waals surface area contributed by atoms with E-state index in [2.05, 4.69) is 18.8 Å². The molecule has 3 rings (SSSR count). The first-order valence-corrected chi connectivity index (χ1v) is 11.1. The Morgan fingerprint density at radius 1 is 0.967 bits per heavy atom. The van der Waals surface area contributed by atoms with Crippen molar-refractivity contribution in [3.8, 4) is 0 Å². The SMILES string of the molecule is C=CCN(c1ccc(C(=O)Nc2ccc(CC)cc2)cc1)S(=O)(=O)c1ccccc1. The van der Waals surface area contributed by atoms with Crippen molar-refractivity contribution in [1.82, 2.24) is 0 Å². The van der Waals surface area contributed by atoms with Crippen LogP contribution in [-0.4, -0.2) is 20.9 Å². The summed E-state index contributed by atoms with van der Waals surface area (Å²) in [6, 6.07) is 22.4. The van der Waals surface area contributed by atoms with Crippen LogP contribution in [0.2, 0.25) is 0 Å². The third-order valence-corrected chi connectivity index (χ3v) is 6.47. The van der Waals surface area contributed by atoms with Gasteiger partial charge in [-0.1, -0.05) is 43.3 Å². The third-order valence-electron chi connectivity index (χ3n) is 4.66. The molecule has 0 aliphatic rings. The third kappa shape index (κ3) is 4.78. The molecule has 3 aromatic carbocycles. The van der Waals surface area contributed by atoms with E-state index in [0.717, 1.165) is 6.42 Å². The summed E-state index contributed by atoms with van der Waals surface area (Å²) in [5, 5.41) is 2.85. The highest BCUT2D eigenvalue weighted by atomic mass is 32.2. The average Bonchev–Trinajstić information content (AvgIpc) is 2.78. The summed E-state index contributed by atoms with van der Waals surface area (Å²) in [5.74, 6) is -0.257. The monoisotopic (exact) mass is 420 g/mol. The Labute approximate surface area is 177 Å². The second kappa shape index (κ2) is 9.41. The zero-order chi connectivity index (χ0) is 21.6. The maximum Gasteiger partial charge on any atom is 0.264 e. The predicted octanol–water partition coefficient (Wildman–Crippen LogP) is 4.88. The highest BCUT2D eigenvalue weighted by Gasteiger charge is 2.23. The van der Waals surface area contributed by atoms with Crippen molar-refractivity contribution in [2.45, 2.75) is 18.2 Å². The minimum absolute atomic E-state index is 0.118. The lowest BCUT2D eigenvalue weighted by atomic mass is 10.1. The summed E-state index contributed by atoms with van der Waals surface area (Å²) < 4.78 is 27.3. The van der Waals surface area contributed by atoms with Crippen LogP contribution in [0.3, 0.4) is 0 Å². The maximum absolute atomic E-state index is 13.0. The second-order valence-corrected chi connectivity index (χ2v) is 8.55. The first-order valence-electron chi connectivity index (χ1n) is 9.64. The fourth-order valence-electron chi connectivity index (χ4n) is 2.99. The Hall–Kier alpha value is -3.38. The number of anilines is 2. The van der Waals surface area contributed by atoms with E-state index in [1.807, 2.05) is 24.3 Å². The van der Waals surface area contributed by atoms with Gasteiger partial charge in [0.2, 0.25) is 0 Å². The zero-order valence-corrected chi connectivity index (χ0v) is 17.6. The van der Waals surface area contributed by atoms with Gasteiger partial charge in [-0.25, -0.2) is 8.42 Å². The number of aryl methyl sites for hydroxylation is 1. The molecular formula is C24H24N2O3S. The molecule has 0 aliphatic carbocycles. The standard InChI is InChI=1S/C24H24N2O3S/c1-3-18-26(30(28,29)23-8-6-5-7-9-23)22-16-12-20(13-17-22)24(27)25-21-14-10-19(4-2)11-15-21/h3,5-17H,1,4,18H2,2H3,(H,25,27). The van der Waals surface area contributed by atoms with E-state index < -0.39 is 10.0 Å². The van der Waals surface area contributed by atoms with Gasteiger partial charge < -0.3 is 5.32 Å². The summed E-state index contributed by atoms with van der Waals surface area (Å²) in [6.45, 7) is 5.86. The molecule has 1 amide bonds. The van der Waals surface area contributed by atoms with Gasteiger partial charge in [0.25, 0.3) is 15.9 Å². The predicted molar refractivity (Wildman–Crippen MR) is 121 cm³/mol. The summed E-state index contributed by atoms with van der Waals surface area (Å²) in [4.78, 5) is 12.7. The number of amides is 1. The molecule has 0 unspecified atom stereocenters. The van der Waals surface area contributed by atoms with Crippen LogP contribution < -0.4 is 9.62 Å². The van der Waals surface area contributed by atoms with Crippen molar-refractivity contribution in [2.24, 2.45) is 0 Å². The Morgan fingerprint density at radius 3 is 2.17 bits per heavy atom. The Kier molecular flexibility index (Phi) is 6.69. The van der Waals surface area contributed by atoms with Crippen LogP contribution in [0.25, 0.3) is 0 Å². The van der Waals surface area contributed by atoms with Crippen molar-refractivity contribution >= 4 is 27.3 Å². The van der Waals surface area contributed by atoms with Gasteiger partial charge in [0.05, 0.1) is 17.1 Å². The zero-order valence-electron chi connectivity index (χ0n) is 16.8. The summed E-state index contributed by atoms with van der Waals surface area (Å²) in [7, 11) is -3.74. The lowest BCUT2D eigenvalue weighted by Gasteiger charge is -2.23. The molecule has 154 valence electrons. The van der Waals surface area contributed by atoms with Crippen LogP contribution in [0.15, 0.2) is 96.4 Å². The lowest BCUT2D eigenvalue weighted by Crippen LogP contribution is -2.31. The number of carbonyl (C=O) groups is 1. The lowest BCUT2D eigenvalue weighted by molar-refractivity contribution is 0.102. The van der Waals surface area contributed by atoms with Gasteiger partial charge in [0.15, 0.2) is 0 Å². The fourth-order valence-corrected chi connectivity index (χ4v) is 4.44. The number of rotatable bonds is 8. The van der Waals surface area contributed by atoms with Crippen molar-refractivity contribution < 1.29 is 13.2 Å². The molecule has 5 nitrogen and oxygen atoms in total. The maximum atomic E-state index is 13.0. The molecule has 6 heteroatoms. The topological polar surface area (TPSA) is 66.5 Å². The van der Waals surface area contributed by atoms with E-state index in [1.165, 1.54) is 15.9 Å². The van der Waals surface area contributed by atoms with Crippen molar-refractivity contribution in [3.05, 3.63) is 103 Å². The molecule has 0 aliphatic heterocycles. The number of benzene rings is 3. The Bertz CT molecular complexity index is 1110. The minimum atomic E-state index is -3.74. The van der Waals surface area contributed by atoms with Gasteiger partial charge in [-0.15, -0.1) is 6.58 Å². The number of carbonyl (C=O) groups excluding carboxylic acids is 1. The van der Waals surface area contributed by atoms with Crippen LogP contribution in [0.1, 0.15) is 22.8 Å². The summed E-state index contributed by atoms with van der Waals surface area (Å²) in [6.07, 6.45) is 2.46. The minimum Gasteiger partial charge on any atom is -0.322 e. The molecule has 0 spiro atoms. The van der Waals surface area contributed by atoms with E-state index in [-0.39, 0.29) is 17.3 Å². The molecule has 0 aromatic heterocycles. The largest absolute Gasteiger partial charge is 0.322 e. The van der Waals surface area contributed by atoms with Gasteiger partial charge >= 0.3 is 0 Å². The van der Waals surface area contributed by atoms with Gasteiger partial charge in [0.1, 0.15) is 0 Å². The second-order valence-electron chi connectivity index (χ2n) is 6.69. The van der Waals surface area contributed by atoms with Gasteiger partial charge in [-0.2, -0.15) is 0 Å². The van der Waals surface area contributed by atoms with Crippen LogP contribution in [0, 0.1) is 0 Å². The molecular weight excluding hydrogens is 396 g/mol. The molecule has 0 atom stereocenters. The fraction of sp³-hybridized carbons (Fsp3) is 0.125. The quantitative estimate of drug-likeness (QED) is 0.528. The van der Waals surface area contributed by atoms with E-state index >= 15 is 0 Å². The molecule has 0 radical (unpaired) electrons. The van der Waals surface area contributed by atoms with Crippen molar-refractivity contribution in [3.63, 3.8) is 0 Å². The Balaban J connectivity index is 1.81. The molecule has 1 N–H and O–H groups in total. The van der Waals surface area contributed by atoms with Crippen molar-refractivity contribution in [2.75, 3.05) is 16.2 Å². The van der Waals surface area contributed by atoms with E-state index in [0.29, 0.717) is 16.9 Å². The molecule has 30 heavy (non-hydrogen) atoms. The number of hydrogen-bond donors (Lipinski definition) is 1.